The number of benzene rings is 1. The zero-order valence-corrected chi connectivity index (χ0v) is 13.0. The molecule has 3 rings (SSSR count). The molecular formula is C18H24N2O2. The van der Waals surface area contributed by atoms with Crippen molar-refractivity contribution >= 4 is 23.2 Å². The van der Waals surface area contributed by atoms with E-state index in [0.717, 1.165) is 35.7 Å². The maximum Gasteiger partial charge on any atom is 0.224 e. The Morgan fingerprint density at radius 1 is 1.18 bits per heavy atom. The van der Waals surface area contributed by atoms with Gasteiger partial charge >= 0.3 is 0 Å². The first-order chi connectivity index (χ1) is 10.7. The summed E-state index contributed by atoms with van der Waals surface area (Å²) in [6.07, 6.45) is 9.45. The fourth-order valence-electron chi connectivity index (χ4n) is 3.50. The van der Waals surface area contributed by atoms with E-state index in [9.17, 15) is 9.59 Å². The molecule has 4 heteroatoms. The molecule has 2 amide bonds. The molecule has 2 N–H and O–H groups in total. The van der Waals surface area contributed by atoms with E-state index in [-0.39, 0.29) is 11.8 Å². The topological polar surface area (TPSA) is 58.2 Å². The largest absolute Gasteiger partial charge is 0.326 e. The summed E-state index contributed by atoms with van der Waals surface area (Å²) in [5.41, 5.74) is 2.81. The van der Waals surface area contributed by atoms with Gasteiger partial charge in [-0.15, -0.1) is 0 Å². The second-order valence-electron chi connectivity index (χ2n) is 6.51. The number of amides is 2. The predicted molar refractivity (Wildman–Crippen MR) is 87.8 cm³/mol. The Bertz CT molecular complexity index is 562. The summed E-state index contributed by atoms with van der Waals surface area (Å²) in [6.45, 7) is 0. The Balaban J connectivity index is 1.52. The van der Waals surface area contributed by atoms with Gasteiger partial charge < -0.3 is 10.6 Å². The number of carbonyl (C=O) groups is 2. The van der Waals surface area contributed by atoms with E-state index in [4.69, 9.17) is 0 Å². The quantitative estimate of drug-likeness (QED) is 0.886. The number of fused-ring (bicyclic) bond motifs is 1. The molecule has 0 radical (unpaired) electrons. The van der Waals surface area contributed by atoms with Crippen LogP contribution in [0.3, 0.4) is 0 Å². The highest BCUT2D eigenvalue weighted by Crippen LogP contribution is 2.28. The summed E-state index contributed by atoms with van der Waals surface area (Å²) < 4.78 is 0. The highest BCUT2D eigenvalue weighted by Gasteiger charge is 2.17. The van der Waals surface area contributed by atoms with Crippen LogP contribution in [-0.2, 0) is 16.0 Å². The van der Waals surface area contributed by atoms with Crippen molar-refractivity contribution in [1.82, 2.24) is 0 Å². The van der Waals surface area contributed by atoms with Crippen molar-refractivity contribution in [2.45, 2.75) is 57.8 Å². The van der Waals surface area contributed by atoms with Crippen molar-refractivity contribution in [3.63, 3.8) is 0 Å². The van der Waals surface area contributed by atoms with Gasteiger partial charge in [-0.3, -0.25) is 9.59 Å². The lowest BCUT2D eigenvalue weighted by molar-refractivity contribution is -0.117. The van der Waals surface area contributed by atoms with Crippen molar-refractivity contribution in [2.75, 3.05) is 10.6 Å². The molecule has 0 bridgehead atoms. The normalized spacial score (nSPS) is 18.5. The van der Waals surface area contributed by atoms with Crippen LogP contribution in [0.1, 0.15) is 56.9 Å². The molecular weight excluding hydrogens is 276 g/mol. The molecule has 1 aromatic carbocycles. The minimum absolute atomic E-state index is 0.0665. The van der Waals surface area contributed by atoms with Crippen LogP contribution in [0.25, 0.3) is 0 Å². The zero-order valence-electron chi connectivity index (χ0n) is 13.0. The monoisotopic (exact) mass is 300 g/mol. The van der Waals surface area contributed by atoms with Gasteiger partial charge in [0.2, 0.25) is 11.8 Å². The van der Waals surface area contributed by atoms with Crippen LogP contribution in [0.15, 0.2) is 18.2 Å². The maximum atomic E-state index is 12.1. The van der Waals surface area contributed by atoms with Gasteiger partial charge in [-0.25, -0.2) is 0 Å². The second-order valence-corrected chi connectivity index (χ2v) is 6.51. The average molecular weight is 300 g/mol. The molecule has 1 saturated carbocycles. The SMILES string of the molecule is O=C(CCC1CCCCC1)Nc1ccc2c(c1)CCC(=O)N2. The van der Waals surface area contributed by atoms with Gasteiger partial charge in [-0.1, -0.05) is 32.1 Å². The molecule has 0 saturated heterocycles. The summed E-state index contributed by atoms with van der Waals surface area (Å²) in [7, 11) is 0. The standard InChI is InChI=1S/C18H24N2O2/c21-17(10-6-13-4-2-1-3-5-13)19-15-8-9-16-14(12-15)7-11-18(22)20-16/h8-9,12-13H,1-7,10-11H2,(H,19,21)(H,20,22). The number of nitrogens with one attached hydrogen (secondary N) is 2. The number of hydrogen-bond acceptors (Lipinski definition) is 2. The summed E-state index contributed by atoms with van der Waals surface area (Å²) in [5.74, 6) is 0.903. The molecule has 4 nitrogen and oxygen atoms in total. The van der Waals surface area contributed by atoms with Gasteiger partial charge in [-0.2, -0.15) is 0 Å². The molecule has 0 spiro atoms. The molecule has 118 valence electrons. The number of rotatable bonds is 4. The van der Waals surface area contributed by atoms with Gasteiger partial charge in [0.25, 0.3) is 0 Å². The Hall–Kier alpha value is -1.84. The fraction of sp³-hybridized carbons (Fsp3) is 0.556. The van der Waals surface area contributed by atoms with E-state index in [1.807, 2.05) is 18.2 Å². The minimum Gasteiger partial charge on any atom is -0.326 e. The number of carbonyl (C=O) groups excluding carboxylic acids is 2. The van der Waals surface area contributed by atoms with Gasteiger partial charge in [0.15, 0.2) is 0 Å². The van der Waals surface area contributed by atoms with Crippen molar-refractivity contribution in [3.05, 3.63) is 23.8 Å². The van der Waals surface area contributed by atoms with E-state index in [0.29, 0.717) is 12.8 Å². The van der Waals surface area contributed by atoms with Crippen molar-refractivity contribution < 1.29 is 9.59 Å². The van der Waals surface area contributed by atoms with E-state index >= 15 is 0 Å². The van der Waals surface area contributed by atoms with Crippen LogP contribution >= 0.6 is 0 Å². The Morgan fingerprint density at radius 2 is 2.00 bits per heavy atom. The molecule has 1 heterocycles. The molecule has 22 heavy (non-hydrogen) atoms. The Morgan fingerprint density at radius 3 is 2.82 bits per heavy atom. The predicted octanol–water partition coefficient (Wildman–Crippen LogP) is 3.87. The smallest absolute Gasteiger partial charge is 0.224 e. The van der Waals surface area contributed by atoms with Crippen LogP contribution in [0.5, 0.6) is 0 Å². The third-order valence-electron chi connectivity index (χ3n) is 4.79. The first-order valence-corrected chi connectivity index (χ1v) is 8.43. The van der Waals surface area contributed by atoms with E-state index in [2.05, 4.69) is 10.6 Å². The molecule has 1 fully saturated rings. The molecule has 1 aliphatic carbocycles. The summed E-state index contributed by atoms with van der Waals surface area (Å²) in [5, 5.41) is 5.85. The maximum absolute atomic E-state index is 12.1. The van der Waals surface area contributed by atoms with Gasteiger partial charge in [0.05, 0.1) is 0 Å². The van der Waals surface area contributed by atoms with Crippen molar-refractivity contribution in [2.24, 2.45) is 5.92 Å². The molecule has 2 aliphatic rings. The van der Waals surface area contributed by atoms with Crippen LogP contribution in [0, 0.1) is 5.92 Å². The number of hydrogen-bond donors (Lipinski definition) is 2. The Kier molecular flexibility index (Phi) is 4.76. The molecule has 0 atom stereocenters. The number of aryl methyl sites for hydroxylation is 1. The third kappa shape index (κ3) is 3.87. The molecule has 0 unspecified atom stereocenters. The van der Waals surface area contributed by atoms with Gasteiger partial charge in [0.1, 0.15) is 0 Å². The number of anilines is 2. The summed E-state index contributed by atoms with van der Waals surface area (Å²) in [6, 6.07) is 5.72. The lowest BCUT2D eigenvalue weighted by atomic mass is 9.86. The van der Waals surface area contributed by atoms with Crippen LogP contribution in [0.2, 0.25) is 0 Å². The second kappa shape index (κ2) is 6.95. The van der Waals surface area contributed by atoms with E-state index in [1.54, 1.807) is 0 Å². The lowest BCUT2D eigenvalue weighted by Crippen LogP contribution is -2.19. The highest BCUT2D eigenvalue weighted by molar-refractivity contribution is 5.95. The lowest BCUT2D eigenvalue weighted by Gasteiger charge is -2.21. The first kappa shape index (κ1) is 15.1. The molecule has 1 aromatic rings. The fourth-order valence-corrected chi connectivity index (χ4v) is 3.50. The van der Waals surface area contributed by atoms with E-state index < -0.39 is 0 Å². The average Bonchev–Trinajstić information content (AvgIpc) is 2.54. The van der Waals surface area contributed by atoms with Crippen molar-refractivity contribution in [1.29, 1.82) is 0 Å². The van der Waals surface area contributed by atoms with Crippen LogP contribution in [0.4, 0.5) is 11.4 Å². The first-order valence-electron chi connectivity index (χ1n) is 8.43. The van der Waals surface area contributed by atoms with Gasteiger partial charge in [0, 0.05) is 24.2 Å². The van der Waals surface area contributed by atoms with E-state index in [1.165, 1.54) is 32.1 Å². The minimum atomic E-state index is 0.0665. The summed E-state index contributed by atoms with van der Waals surface area (Å²) in [4.78, 5) is 23.4. The zero-order chi connectivity index (χ0) is 15.4. The third-order valence-corrected chi connectivity index (χ3v) is 4.79. The molecule has 0 aromatic heterocycles. The van der Waals surface area contributed by atoms with Gasteiger partial charge in [-0.05, 0) is 42.5 Å². The van der Waals surface area contributed by atoms with Crippen LogP contribution < -0.4 is 10.6 Å². The van der Waals surface area contributed by atoms with Crippen molar-refractivity contribution in [3.8, 4) is 0 Å². The Labute approximate surface area is 131 Å². The van der Waals surface area contributed by atoms with Crippen LogP contribution in [-0.4, -0.2) is 11.8 Å². The molecule has 1 aliphatic heterocycles. The summed E-state index contributed by atoms with van der Waals surface area (Å²) >= 11 is 0. The highest BCUT2D eigenvalue weighted by atomic mass is 16.2.